The average molecular weight is 374 g/mol. The molecule has 2 aromatic carbocycles. The van der Waals surface area contributed by atoms with Crippen molar-refractivity contribution >= 4 is 11.8 Å². The van der Waals surface area contributed by atoms with Gasteiger partial charge in [-0.3, -0.25) is 9.59 Å². The third-order valence-electron chi connectivity index (χ3n) is 5.00. The van der Waals surface area contributed by atoms with Crippen molar-refractivity contribution in [3.8, 4) is 0 Å². The third-order valence-corrected chi connectivity index (χ3v) is 5.00. The van der Waals surface area contributed by atoms with Crippen LogP contribution in [0.15, 0.2) is 85.5 Å². The Morgan fingerprint density at radius 3 is 2.18 bits per heavy atom. The summed E-state index contributed by atoms with van der Waals surface area (Å²) < 4.78 is 0. The molecule has 28 heavy (non-hydrogen) atoms. The van der Waals surface area contributed by atoms with Crippen molar-refractivity contribution in [3.63, 3.8) is 0 Å². The SMILES string of the molecule is C=C/C=C\[C@H](c1ccccc1)[C@@H](NC(=O)c1ccccc1)C(=O)N1CCCC1. The molecule has 1 aliphatic heterocycles. The second-order valence-electron chi connectivity index (χ2n) is 6.91. The van der Waals surface area contributed by atoms with Gasteiger partial charge in [0.15, 0.2) is 0 Å². The molecule has 144 valence electrons. The number of hydrogen-bond acceptors (Lipinski definition) is 2. The minimum absolute atomic E-state index is 0.0376. The molecule has 0 spiro atoms. The molecule has 3 rings (SSSR count). The molecule has 1 fully saturated rings. The van der Waals surface area contributed by atoms with Gasteiger partial charge < -0.3 is 10.2 Å². The van der Waals surface area contributed by atoms with Crippen LogP contribution in [-0.4, -0.2) is 35.8 Å². The minimum Gasteiger partial charge on any atom is -0.341 e. The van der Waals surface area contributed by atoms with Crippen LogP contribution in [0.25, 0.3) is 0 Å². The van der Waals surface area contributed by atoms with Crippen molar-refractivity contribution in [1.29, 1.82) is 0 Å². The zero-order valence-corrected chi connectivity index (χ0v) is 16.0. The van der Waals surface area contributed by atoms with Crippen LogP contribution in [-0.2, 0) is 4.79 Å². The van der Waals surface area contributed by atoms with Gasteiger partial charge in [-0.05, 0) is 30.5 Å². The maximum absolute atomic E-state index is 13.3. The fourth-order valence-corrected chi connectivity index (χ4v) is 3.54. The molecule has 0 unspecified atom stereocenters. The van der Waals surface area contributed by atoms with Gasteiger partial charge in [-0.2, -0.15) is 0 Å². The Hall–Kier alpha value is -3.14. The number of carbonyl (C=O) groups is 2. The van der Waals surface area contributed by atoms with Gasteiger partial charge in [0.05, 0.1) is 0 Å². The van der Waals surface area contributed by atoms with Gasteiger partial charge in [-0.1, -0.05) is 73.3 Å². The van der Waals surface area contributed by atoms with Crippen LogP contribution in [0.4, 0.5) is 0 Å². The summed E-state index contributed by atoms with van der Waals surface area (Å²) in [6.07, 6.45) is 7.46. The number of allylic oxidation sites excluding steroid dienone is 2. The van der Waals surface area contributed by atoms with E-state index in [1.54, 1.807) is 18.2 Å². The molecular formula is C24H26N2O2. The molecule has 1 aliphatic rings. The summed E-state index contributed by atoms with van der Waals surface area (Å²) in [6, 6.07) is 18.1. The first-order chi connectivity index (χ1) is 13.7. The van der Waals surface area contributed by atoms with Gasteiger partial charge in [0.25, 0.3) is 5.91 Å². The largest absolute Gasteiger partial charge is 0.341 e. The molecule has 4 nitrogen and oxygen atoms in total. The molecule has 1 saturated heterocycles. The highest BCUT2D eigenvalue weighted by Gasteiger charge is 2.34. The second-order valence-corrected chi connectivity index (χ2v) is 6.91. The normalized spacial score (nSPS) is 15.9. The number of carbonyl (C=O) groups excluding carboxylic acids is 2. The first kappa shape index (κ1) is 19.6. The van der Waals surface area contributed by atoms with Gasteiger partial charge in [-0.25, -0.2) is 0 Å². The molecule has 0 aliphatic carbocycles. The van der Waals surface area contributed by atoms with Gasteiger partial charge in [0.1, 0.15) is 6.04 Å². The van der Waals surface area contributed by atoms with Crippen LogP contribution < -0.4 is 5.32 Å². The summed E-state index contributed by atoms with van der Waals surface area (Å²) in [5.74, 6) is -0.560. The van der Waals surface area contributed by atoms with E-state index >= 15 is 0 Å². The molecule has 1 heterocycles. The molecule has 0 radical (unpaired) electrons. The van der Waals surface area contributed by atoms with Crippen LogP contribution in [0.1, 0.15) is 34.7 Å². The summed E-state index contributed by atoms with van der Waals surface area (Å²) in [5, 5.41) is 3.00. The average Bonchev–Trinajstić information content (AvgIpc) is 3.29. The first-order valence-corrected chi connectivity index (χ1v) is 9.69. The molecule has 0 aromatic heterocycles. The molecule has 4 heteroatoms. The second kappa shape index (κ2) is 9.70. The highest BCUT2D eigenvalue weighted by molar-refractivity contribution is 5.98. The van der Waals surface area contributed by atoms with Crippen LogP contribution in [0.3, 0.4) is 0 Å². The first-order valence-electron chi connectivity index (χ1n) is 9.69. The van der Waals surface area contributed by atoms with Crippen LogP contribution in [0.2, 0.25) is 0 Å². The lowest BCUT2D eigenvalue weighted by Crippen LogP contribution is -2.50. The minimum atomic E-state index is -0.676. The van der Waals surface area contributed by atoms with E-state index in [4.69, 9.17) is 0 Å². The summed E-state index contributed by atoms with van der Waals surface area (Å²) in [5.41, 5.74) is 1.52. The van der Waals surface area contributed by atoms with E-state index < -0.39 is 6.04 Å². The van der Waals surface area contributed by atoms with Crippen molar-refractivity contribution in [3.05, 3.63) is 96.6 Å². The number of nitrogens with zero attached hydrogens (tertiary/aromatic N) is 1. The number of hydrogen-bond donors (Lipinski definition) is 1. The lowest BCUT2D eigenvalue weighted by Gasteiger charge is -2.29. The van der Waals surface area contributed by atoms with Gasteiger partial charge in [0, 0.05) is 24.6 Å². The molecule has 2 amide bonds. The van der Waals surface area contributed by atoms with E-state index in [0.717, 1.165) is 31.5 Å². The van der Waals surface area contributed by atoms with Crippen LogP contribution in [0.5, 0.6) is 0 Å². The number of benzene rings is 2. The monoisotopic (exact) mass is 374 g/mol. The lowest BCUT2D eigenvalue weighted by molar-refractivity contribution is -0.132. The van der Waals surface area contributed by atoms with Gasteiger partial charge in [0.2, 0.25) is 5.91 Å². The maximum Gasteiger partial charge on any atom is 0.251 e. The number of nitrogens with one attached hydrogen (secondary N) is 1. The Kier molecular flexibility index (Phi) is 6.79. The zero-order chi connectivity index (χ0) is 19.8. The van der Waals surface area contributed by atoms with Gasteiger partial charge >= 0.3 is 0 Å². The number of amides is 2. The molecule has 0 bridgehead atoms. The fraction of sp³-hybridized carbons (Fsp3) is 0.250. The topological polar surface area (TPSA) is 49.4 Å². The van der Waals surface area contributed by atoms with E-state index in [1.807, 2.05) is 65.6 Å². The molecule has 0 saturated carbocycles. The molecule has 1 N–H and O–H groups in total. The van der Waals surface area contributed by atoms with Crippen LogP contribution in [0, 0.1) is 0 Å². The maximum atomic E-state index is 13.3. The number of rotatable bonds is 7. The number of likely N-dealkylation sites (tertiary alicyclic amines) is 1. The predicted molar refractivity (Wildman–Crippen MR) is 112 cm³/mol. The lowest BCUT2D eigenvalue weighted by atomic mass is 9.89. The zero-order valence-electron chi connectivity index (χ0n) is 16.0. The summed E-state index contributed by atoms with van der Waals surface area (Å²) in [6.45, 7) is 5.23. The Labute approximate surface area is 166 Å². The van der Waals surface area contributed by atoms with E-state index in [0.29, 0.717) is 5.56 Å². The van der Waals surface area contributed by atoms with Crippen LogP contribution >= 0.6 is 0 Å². The highest BCUT2D eigenvalue weighted by atomic mass is 16.2. The Balaban J connectivity index is 1.95. The smallest absolute Gasteiger partial charge is 0.251 e. The van der Waals surface area contributed by atoms with Crippen molar-refractivity contribution in [2.45, 2.75) is 24.8 Å². The van der Waals surface area contributed by atoms with E-state index in [-0.39, 0.29) is 17.7 Å². The predicted octanol–water partition coefficient (Wildman–Crippen LogP) is 3.93. The van der Waals surface area contributed by atoms with E-state index in [1.165, 1.54) is 0 Å². The molecular weight excluding hydrogens is 348 g/mol. The Bertz CT molecular complexity index is 824. The highest BCUT2D eigenvalue weighted by Crippen LogP contribution is 2.25. The van der Waals surface area contributed by atoms with Crippen molar-refractivity contribution in [2.75, 3.05) is 13.1 Å². The Morgan fingerprint density at radius 2 is 1.57 bits per heavy atom. The van der Waals surface area contributed by atoms with E-state index in [2.05, 4.69) is 11.9 Å². The quantitative estimate of drug-likeness (QED) is 0.747. The summed E-state index contributed by atoms with van der Waals surface area (Å²) in [4.78, 5) is 28.1. The van der Waals surface area contributed by atoms with Crippen molar-refractivity contribution in [1.82, 2.24) is 10.2 Å². The Morgan fingerprint density at radius 1 is 0.964 bits per heavy atom. The van der Waals surface area contributed by atoms with Crippen molar-refractivity contribution in [2.24, 2.45) is 0 Å². The third kappa shape index (κ3) is 4.77. The van der Waals surface area contributed by atoms with E-state index in [9.17, 15) is 9.59 Å². The molecule has 2 aromatic rings. The standard InChI is InChI=1S/C24H26N2O2/c1-2-3-16-21(19-12-6-4-7-13-19)22(24(28)26-17-10-11-18-26)25-23(27)20-14-8-5-9-15-20/h2-9,12-16,21-22H,1,10-11,17-18H2,(H,25,27)/b16-3-/t21-,22-/m1/s1. The van der Waals surface area contributed by atoms with Crippen molar-refractivity contribution < 1.29 is 9.59 Å². The molecule has 2 atom stereocenters. The summed E-state index contributed by atoms with van der Waals surface area (Å²) >= 11 is 0. The van der Waals surface area contributed by atoms with Gasteiger partial charge in [-0.15, -0.1) is 0 Å². The summed E-state index contributed by atoms with van der Waals surface area (Å²) in [7, 11) is 0. The fourth-order valence-electron chi connectivity index (χ4n) is 3.54.